The number of nitrogens with one attached hydrogen (secondary N) is 1. The van der Waals surface area contributed by atoms with E-state index in [1.807, 2.05) is 0 Å². The fraction of sp³-hybridized carbons (Fsp3) is 0.353. The maximum atomic E-state index is 12.1. The van der Waals surface area contributed by atoms with Crippen molar-refractivity contribution < 1.29 is 29.3 Å². The largest absolute Gasteiger partial charge is 0.476 e. The van der Waals surface area contributed by atoms with Crippen LogP contribution in [-0.2, 0) is 9.59 Å². The molecule has 0 aromatic heterocycles. The van der Waals surface area contributed by atoms with E-state index in [1.165, 1.54) is 19.1 Å². The molecule has 0 saturated carbocycles. The zero-order valence-corrected chi connectivity index (χ0v) is 15.2. The number of aliphatic carboxylic acids is 1. The summed E-state index contributed by atoms with van der Waals surface area (Å²) < 4.78 is 5.66. The van der Waals surface area contributed by atoms with Crippen molar-refractivity contribution in [2.24, 2.45) is 11.7 Å². The number of β-lactam (4-membered cyclic amide) rings is 1. The minimum Gasteiger partial charge on any atom is -0.476 e. The van der Waals surface area contributed by atoms with E-state index in [9.17, 15) is 24.6 Å². The number of carboxylic acid groups (broad SMARTS) is 1. The van der Waals surface area contributed by atoms with Crippen molar-refractivity contribution in [1.82, 2.24) is 10.2 Å². The van der Waals surface area contributed by atoms with Gasteiger partial charge in [0.2, 0.25) is 5.91 Å². The first-order valence-electron chi connectivity index (χ1n) is 8.26. The van der Waals surface area contributed by atoms with E-state index in [-0.39, 0.29) is 16.7 Å². The van der Waals surface area contributed by atoms with Crippen LogP contribution in [0.3, 0.4) is 0 Å². The molecule has 2 aliphatic heterocycles. The number of nitrogens with two attached hydrogens (primary N) is 1. The van der Waals surface area contributed by atoms with Crippen LogP contribution in [0.4, 0.5) is 0 Å². The summed E-state index contributed by atoms with van der Waals surface area (Å²) in [6.07, 6.45) is -0.882. The van der Waals surface area contributed by atoms with Crippen LogP contribution < -0.4 is 15.8 Å². The number of aliphatic hydroxyl groups is 1. The molecule has 3 atom stereocenters. The molecule has 0 bridgehead atoms. The van der Waals surface area contributed by atoms with Gasteiger partial charge in [0.15, 0.2) is 10.8 Å². The Morgan fingerprint density at radius 2 is 2.04 bits per heavy atom. The fourth-order valence-corrected chi connectivity index (χ4v) is 4.36. The van der Waals surface area contributed by atoms with E-state index in [1.54, 1.807) is 12.1 Å². The zero-order chi connectivity index (χ0) is 19.7. The van der Waals surface area contributed by atoms with Gasteiger partial charge in [0.1, 0.15) is 11.1 Å². The van der Waals surface area contributed by atoms with E-state index >= 15 is 0 Å². The SMILES string of the molecule is C[C@@H](O)[C@H]1C(=O)N2C(C(=O)O)=C(Oc3ccc(C(=O)NCCN)cc3)S[C@H]12. The highest BCUT2D eigenvalue weighted by Gasteiger charge is 2.58. The number of thioether (sulfide) groups is 1. The van der Waals surface area contributed by atoms with Gasteiger partial charge in [-0.1, -0.05) is 11.8 Å². The Balaban J connectivity index is 1.76. The number of fused-ring (bicyclic) bond motifs is 1. The first kappa shape index (κ1) is 19.2. The van der Waals surface area contributed by atoms with Crippen molar-refractivity contribution in [3.05, 3.63) is 40.6 Å². The standard InChI is InChI=1S/C17H19N3O6S/c1-8(21)11-14(23)20-12(16(24)25)17(27-15(11)20)26-10-4-2-9(3-5-10)13(22)19-7-6-18/h2-5,8,11,15,21H,6-7,18H2,1H3,(H,19,22)(H,24,25)/t8-,11+,15-/m1/s1. The van der Waals surface area contributed by atoms with Crippen LogP contribution in [0.5, 0.6) is 5.75 Å². The minimum atomic E-state index is -1.28. The summed E-state index contributed by atoms with van der Waals surface area (Å²) >= 11 is 1.08. The lowest BCUT2D eigenvalue weighted by molar-refractivity contribution is -0.156. The number of hydrogen-bond donors (Lipinski definition) is 4. The number of carbonyl (C=O) groups is 3. The number of carboxylic acids is 1. The average Bonchev–Trinajstić information content (AvgIpc) is 2.94. The molecule has 1 saturated heterocycles. The Morgan fingerprint density at radius 3 is 2.59 bits per heavy atom. The lowest BCUT2D eigenvalue weighted by atomic mass is 9.92. The Morgan fingerprint density at radius 1 is 1.37 bits per heavy atom. The third-order valence-corrected chi connectivity index (χ3v) is 5.46. The Bertz CT molecular complexity index is 807. The molecule has 10 heteroatoms. The first-order chi connectivity index (χ1) is 12.8. The topological polar surface area (TPSA) is 142 Å². The molecule has 2 aliphatic rings. The van der Waals surface area contributed by atoms with Gasteiger partial charge in [0, 0.05) is 18.7 Å². The Labute approximate surface area is 159 Å². The van der Waals surface area contributed by atoms with E-state index in [2.05, 4.69) is 5.32 Å². The molecule has 9 nitrogen and oxygen atoms in total. The fourth-order valence-electron chi connectivity index (χ4n) is 2.89. The molecule has 27 heavy (non-hydrogen) atoms. The van der Waals surface area contributed by atoms with Gasteiger partial charge in [-0.05, 0) is 31.2 Å². The average molecular weight is 393 g/mol. The molecule has 3 rings (SSSR count). The second-order valence-corrected chi connectivity index (χ2v) is 7.18. The lowest BCUT2D eigenvalue weighted by Crippen LogP contribution is -2.60. The van der Waals surface area contributed by atoms with Crippen LogP contribution in [0.2, 0.25) is 0 Å². The van der Waals surface area contributed by atoms with E-state index in [0.29, 0.717) is 24.4 Å². The van der Waals surface area contributed by atoms with Crippen molar-refractivity contribution >= 4 is 29.5 Å². The molecule has 1 fully saturated rings. The van der Waals surface area contributed by atoms with Gasteiger partial charge in [-0.3, -0.25) is 14.5 Å². The molecular weight excluding hydrogens is 374 g/mol. The number of amides is 2. The first-order valence-corrected chi connectivity index (χ1v) is 9.14. The summed E-state index contributed by atoms with van der Waals surface area (Å²) in [5.41, 5.74) is 5.51. The highest BCUT2D eigenvalue weighted by molar-refractivity contribution is 8.03. The number of ether oxygens (including phenoxy) is 1. The quantitative estimate of drug-likeness (QED) is 0.471. The summed E-state index contributed by atoms with van der Waals surface area (Å²) in [6, 6.07) is 6.16. The molecule has 0 aliphatic carbocycles. The monoisotopic (exact) mass is 393 g/mol. The second-order valence-electron chi connectivity index (χ2n) is 6.10. The van der Waals surface area contributed by atoms with Crippen molar-refractivity contribution in [2.75, 3.05) is 13.1 Å². The van der Waals surface area contributed by atoms with E-state index < -0.39 is 29.3 Å². The molecule has 0 spiro atoms. The number of benzene rings is 1. The number of aliphatic hydroxyl groups excluding tert-OH is 1. The summed E-state index contributed by atoms with van der Waals surface area (Å²) in [6.45, 7) is 2.19. The predicted octanol–water partition coefficient (Wildman–Crippen LogP) is -0.0803. The summed E-state index contributed by atoms with van der Waals surface area (Å²) in [5.74, 6) is -2.34. The predicted molar refractivity (Wildman–Crippen MR) is 96.5 cm³/mol. The molecule has 0 radical (unpaired) electrons. The smallest absolute Gasteiger partial charge is 0.357 e. The lowest BCUT2D eigenvalue weighted by Gasteiger charge is -2.43. The minimum absolute atomic E-state index is 0.0735. The second kappa shape index (κ2) is 7.59. The normalized spacial score (nSPS) is 22.2. The molecule has 2 heterocycles. The van der Waals surface area contributed by atoms with Crippen LogP contribution in [-0.4, -0.2) is 57.5 Å². The van der Waals surface area contributed by atoms with E-state index in [0.717, 1.165) is 16.7 Å². The van der Waals surface area contributed by atoms with Gasteiger partial charge in [-0.25, -0.2) is 4.79 Å². The molecule has 0 unspecified atom stereocenters. The number of carbonyl (C=O) groups excluding carboxylic acids is 2. The zero-order valence-electron chi connectivity index (χ0n) is 14.4. The molecule has 1 aromatic carbocycles. The van der Waals surface area contributed by atoms with Crippen LogP contribution in [0, 0.1) is 5.92 Å². The van der Waals surface area contributed by atoms with Gasteiger partial charge < -0.3 is 26.0 Å². The van der Waals surface area contributed by atoms with Crippen LogP contribution >= 0.6 is 11.8 Å². The third-order valence-electron chi connectivity index (χ3n) is 4.23. The molecule has 2 amide bonds. The highest BCUT2D eigenvalue weighted by Crippen LogP contribution is 2.50. The van der Waals surface area contributed by atoms with Crippen molar-refractivity contribution in [3.63, 3.8) is 0 Å². The van der Waals surface area contributed by atoms with Gasteiger partial charge in [-0.15, -0.1) is 0 Å². The highest BCUT2D eigenvalue weighted by atomic mass is 32.2. The van der Waals surface area contributed by atoms with Crippen molar-refractivity contribution in [3.8, 4) is 5.75 Å². The van der Waals surface area contributed by atoms with Gasteiger partial charge >= 0.3 is 5.97 Å². The molecular formula is C17H19N3O6S. The van der Waals surface area contributed by atoms with Crippen LogP contribution in [0.25, 0.3) is 0 Å². The summed E-state index contributed by atoms with van der Waals surface area (Å²) in [5, 5.41) is 21.4. The summed E-state index contributed by atoms with van der Waals surface area (Å²) in [7, 11) is 0. The Kier molecular flexibility index (Phi) is 5.40. The third kappa shape index (κ3) is 3.51. The van der Waals surface area contributed by atoms with E-state index in [4.69, 9.17) is 10.5 Å². The molecule has 144 valence electrons. The maximum Gasteiger partial charge on any atom is 0.357 e. The maximum absolute atomic E-state index is 12.1. The van der Waals surface area contributed by atoms with Crippen molar-refractivity contribution in [1.29, 1.82) is 0 Å². The molecule has 5 N–H and O–H groups in total. The summed E-state index contributed by atoms with van der Waals surface area (Å²) in [4.78, 5) is 36.7. The number of nitrogens with zero attached hydrogens (tertiary/aromatic N) is 1. The van der Waals surface area contributed by atoms with Crippen LogP contribution in [0.1, 0.15) is 17.3 Å². The Hall–Kier alpha value is -2.56. The molecule has 1 aromatic rings. The van der Waals surface area contributed by atoms with Gasteiger partial charge in [0.25, 0.3) is 5.91 Å². The van der Waals surface area contributed by atoms with Gasteiger partial charge in [-0.2, -0.15) is 0 Å². The van der Waals surface area contributed by atoms with Crippen LogP contribution in [0.15, 0.2) is 35.1 Å². The number of hydrogen-bond acceptors (Lipinski definition) is 7. The van der Waals surface area contributed by atoms with Gasteiger partial charge in [0.05, 0.1) is 12.0 Å². The van der Waals surface area contributed by atoms with Crippen molar-refractivity contribution in [2.45, 2.75) is 18.4 Å². The number of rotatable bonds is 7.